The molecule has 0 aliphatic rings. The summed E-state index contributed by atoms with van der Waals surface area (Å²) in [4.78, 5) is 12.1. The van der Waals surface area contributed by atoms with Crippen LogP contribution >= 0.6 is 0 Å². The molecule has 0 aliphatic carbocycles. The molecule has 0 bridgehead atoms. The maximum Gasteiger partial charge on any atom is 0.249 e. The van der Waals surface area contributed by atoms with Crippen LogP contribution < -0.4 is 5.32 Å². The number of hydrogen-bond acceptors (Lipinski definition) is 5. The highest BCUT2D eigenvalue weighted by Gasteiger charge is 2.28. The molecule has 0 saturated carbocycles. The van der Waals surface area contributed by atoms with Gasteiger partial charge < -0.3 is 25.7 Å². The molecule has 0 aromatic rings. The topological polar surface area (TPSA) is 110 Å². The monoisotopic (exact) mass is 415 g/mol. The van der Waals surface area contributed by atoms with Crippen LogP contribution in [0.3, 0.4) is 0 Å². The summed E-state index contributed by atoms with van der Waals surface area (Å²) in [5, 5.41) is 42.1. The number of aliphatic hydroxyl groups excluding tert-OH is 4. The summed E-state index contributed by atoms with van der Waals surface area (Å²) in [5.74, 6) is -0.609. The Morgan fingerprint density at radius 3 is 2.03 bits per heavy atom. The molecule has 6 nitrogen and oxygen atoms in total. The van der Waals surface area contributed by atoms with Crippen molar-refractivity contribution >= 4 is 5.91 Å². The molecule has 4 atom stereocenters. The molecule has 1 amide bonds. The number of amides is 1. The third-order valence-electron chi connectivity index (χ3n) is 5.23. The number of rotatable bonds is 19. The van der Waals surface area contributed by atoms with Gasteiger partial charge in [-0.1, -0.05) is 77.4 Å². The fourth-order valence-corrected chi connectivity index (χ4v) is 3.20. The second-order valence-corrected chi connectivity index (χ2v) is 7.97. The van der Waals surface area contributed by atoms with Gasteiger partial charge in [0.1, 0.15) is 12.2 Å². The molecule has 0 aromatic heterocycles. The highest BCUT2D eigenvalue weighted by atomic mass is 16.3. The summed E-state index contributed by atoms with van der Waals surface area (Å²) in [6.45, 7) is 3.75. The van der Waals surface area contributed by atoms with Gasteiger partial charge in [-0.25, -0.2) is 0 Å². The van der Waals surface area contributed by atoms with E-state index in [4.69, 9.17) is 0 Å². The van der Waals surface area contributed by atoms with E-state index in [2.05, 4.69) is 24.4 Å². The molecule has 0 fully saturated rings. The zero-order valence-electron chi connectivity index (χ0n) is 18.6. The van der Waals surface area contributed by atoms with E-state index in [-0.39, 0.29) is 0 Å². The van der Waals surface area contributed by atoms with Gasteiger partial charge in [0.25, 0.3) is 0 Å². The largest absolute Gasteiger partial charge is 0.394 e. The summed E-state index contributed by atoms with van der Waals surface area (Å²) >= 11 is 0. The van der Waals surface area contributed by atoms with E-state index in [0.29, 0.717) is 12.8 Å². The first-order valence-electron chi connectivity index (χ1n) is 11.6. The SMILES string of the molecule is CCCC/C=C\CCCCCCC(O)C(=O)NC(CO)C(O)C(O)CCCCC. The van der Waals surface area contributed by atoms with Crippen LogP contribution in [0.25, 0.3) is 0 Å². The predicted octanol–water partition coefficient (Wildman–Crippen LogP) is 3.21. The zero-order chi connectivity index (χ0) is 21.9. The average Bonchev–Trinajstić information content (AvgIpc) is 2.72. The Balaban J connectivity index is 4.01. The van der Waals surface area contributed by atoms with Gasteiger partial charge in [-0.05, 0) is 32.1 Å². The summed E-state index contributed by atoms with van der Waals surface area (Å²) in [6, 6.07) is -0.978. The van der Waals surface area contributed by atoms with Crippen LogP contribution in [-0.4, -0.2) is 57.3 Å². The number of aliphatic hydroxyl groups is 4. The van der Waals surface area contributed by atoms with E-state index in [1.807, 2.05) is 6.92 Å². The molecule has 4 unspecified atom stereocenters. The molecule has 5 N–H and O–H groups in total. The summed E-state index contributed by atoms with van der Waals surface area (Å²) in [6.07, 6.45) is 13.1. The lowest BCUT2D eigenvalue weighted by atomic mass is 10.00. The zero-order valence-corrected chi connectivity index (χ0v) is 18.6. The second-order valence-electron chi connectivity index (χ2n) is 7.97. The van der Waals surface area contributed by atoms with Gasteiger partial charge in [-0.15, -0.1) is 0 Å². The third-order valence-corrected chi connectivity index (χ3v) is 5.23. The van der Waals surface area contributed by atoms with E-state index in [0.717, 1.165) is 57.8 Å². The van der Waals surface area contributed by atoms with E-state index in [9.17, 15) is 25.2 Å². The molecule has 0 aromatic carbocycles. The van der Waals surface area contributed by atoms with E-state index < -0.39 is 36.9 Å². The fraction of sp³-hybridized carbons (Fsp3) is 0.870. The van der Waals surface area contributed by atoms with Crippen molar-refractivity contribution in [3.63, 3.8) is 0 Å². The Labute approximate surface area is 177 Å². The van der Waals surface area contributed by atoms with E-state index in [1.54, 1.807) is 0 Å². The molecular weight excluding hydrogens is 370 g/mol. The second kappa shape index (κ2) is 19.0. The van der Waals surface area contributed by atoms with Crippen molar-refractivity contribution < 1.29 is 25.2 Å². The molecule has 0 heterocycles. The summed E-state index contributed by atoms with van der Waals surface area (Å²) < 4.78 is 0. The van der Waals surface area contributed by atoms with Crippen molar-refractivity contribution in [2.45, 2.75) is 122 Å². The van der Waals surface area contributed by atoms with Crippen molar-refractivity contribution in [1.82, 2.24) is 5.32 Å². The van der Waals surface area contributed by atoms with Crippen LogP contribution in [0.15, 0.2) is 12.2 Å². The van der Waals surface area contributed by atoms with Gasteiger partial charge in [-0.2, -0.15) is 0 Å². The molecule has 0 aliphatic heterocycles. The highest BCUT2D eigenvalue weighted by Crippen LogP contribution is 2.12. The van der Waals surface area contributed by atoms with Crippen molar-refractivity contribution in [3.8, 4) is 0 Å². The maximum absolute atomic E-state index is 12.1. The lowest BCUT2D eigenvalue weighted by Gasteiger charge is -2.27. The van der Waals surface area contributed by atoms with Crippen molar-refractivity contribution in [1.29, 1.82) is 0 Å². The molecule has 0 saturated heterocycles. The molecular formula is C23H45NO5. The highest BCUT2D eigenvalue weighted by molar-refractivity contribution is 5.80. The normalized spacial score (nSPS) is 15.9. The van der Waals surface area contributed by atoms with Gasteiger partial charge in [0.2, 0.25) is 5.91 Å². The van der Waals surface area contributed by atoms with Crippen LogP contribution in [0.1, 0.15) is 97.3 Å². The van der Waals surface area contributed by atoms with E-state index >= 15 is 0 Å². The van der Waals surface area contributed by atoms with Gasteiger partial charge >= 0.3 is 0 Å². The van der Waals surface area contributed by atoms with Crippen molar-refractivity contribution in [2.24, 2.45) is 0 Å². The van der Waals surface area contributed by atoms with Crippen LogP contribution in [0.4, 0.5) is 0 Å². The minimum absolute atomic E-state index is 0.353. The van der Waals surface area contributed by atoms with Crippen LogP contribution in [0.2, 0.25) is 0 Å². The predicted molar refractivity (Wildman–Crippen MR) is 118 cm³/mol. The number of allylic oxidation sites excluding steroid dienone is 2. The van der Waals surface area contributed by atoms with Gasteiger partial charge in [-0.3, -0.25) is 4.79 Å². The number of carbonyl (C=O) groups excluding carboxylic acids is 1. The minimum Gasteiger partial charge on any atom is -0.394 e. The first kappa shape index (κ1) is 28.1. The molecule has 0 rings (SSSR count). The molecule has 172 valence electrons. The average molecular weight is 416 g/mol. The number of hydrogen-bond donors (Lipinski definition) is 5. The van der Waals surface area contributed by atoms with Gasteiger partial charge in [0, 0.05) is 0 Å². The Kier molecular flexibility index (Phi) is 18.4. The summed E-state index contributed by atoms with van der Waals surface area (Å²) in [7, 11) is 0. The molecule has 6 heteroatoms. The lowest BCUT2D eigenvalue weighted by Crippen LogP contribution is -2.53. The maximum atomic E-state index is 12.1. The number of nitrogens with one attached hydrogen (secondary N) is 1. The van der Waals surface area contributed by atoms with Crippen molar-refractivity contribution in [3.05, 3.63) is 12.2 Å². The lowest BCUT2D eigenvalue weighted by molar-refractivity contribution is -0.132. The number of unbranched alkanes of at least 4 members (excludes halogenated alkanes) is 8. The van der Waals surface area contributed by atoms with Gasteiger partial charge in [0.15, 0.2) is 0 Å². The Bertz CT molecular complexity index is 416. The Hall–Kier alpha value is -0.950. The van der Waals surface area contributed by atoms with Crippen LogP contribution in [0, 0.1) is 0 Å². The standard InChI is InChI=1S/C23H45NO5/c1-3-5-7-8-9-10-11-12-13-15-17-21(27)23(29)24-19(18-25)22(28)20(26)16-14-6-4-2/h8-9,19-22,25-28H,3-7,10-18H2,1-2H3,(H,24,29)/b9-8-. The molecule has 0 radical (unpaired) electrons. The molecule has 29 heavy (non-hydrogen) atoms. The molecule has 0 spiro atoms. The van der Waals surface area contributed by atoms with Crippen molar-refractivity contribution in [2.75, 3.05) is 6.61 Å². The Morgan fingerprint density at radius 2 is 1.41 bits per heavy atom. The minimum atomic E-state index is -1.25. The first-order chi connectivity index (χ1) is 14.0. The Morgan fingerprint density at radius 1 is 0.828 bits per heavy atom. The van der Waals surface area contributed by atoms with Gasteiger partial charge in [0.05, 0.1) is 18.8 Å². The van der Waals surface area contributed by atoms with Crippen LogP contribution in [-0.2, 0) is 4.79 Å². The number of carbonyl (C=O) groups is 1. The fourth-order valence-electron chi connectivity index (χ4n) is 3.20. The smallest absolute Gasteiger partial charge is 0.249 e. The van der Waals surface area contributed by atoms with E-state index in [1.165, 1.54) is 12.8 Å². The van der Waals surface area contributed by atoms with Crippen LogP contribution in [0.5, 0.6) is 0 Å². The third kappa shape index (κ3) is 14.6. The first-order valence-corrected chi connectivity index (χ1v) is 11.6. The summed E-state index contributed by atoms with van der Waals surface area (Å²) in [5.41, 5.74) is 0. The quantitative estimate of drug-likeness (QED) is 0.164.